The number of aryl methyl sites for hydroxylation is 1. The van der Waals surface area contributed by atoms with E-state index in [1.807, 2.05) is 0 Å². The van der Waals surface area contributed by atoms with E-state index in [1.165, 1.54) is 19.2 Å². The molecule has 86 valence electrons. The van der Waals surface area contributed by atoms with Crippen molar-refractivity contribution in [1.82, 2.24) is 0 Å². The number of aliphatic carboxylic acids is 1. The summed E-state index contributed by atoms with van der Waals surface area (Å²) in [6, 6.07) is 2.84. The van der Waals surface area contributed by atoms with Gasteiger partial charge in [-0.2, -0.15) is 0 Å². The molecule has 5 heteroatoms. The van der Waals surface area contributed by atoms with Gasteiger partial charge in [-0.15, -0.1) is 0 Å². The van der Waals surface area contributed by atoms with E-state index in [2.05, 4.69) is 0 Å². The van der Waals surface area contributed by atoms with E-state index in [0.29, 0.717) is 17.6 Å². The van der Waals surface area contributed by atoms with Gasteiger partial charge in [-0.05, 0) is 30.2 Å². The third-order valence-corrected chi connectivity index (χ3v) is 2.27. The van der Waals surface area contributed by atoms with Gasteiger partial charge >= 0.3 is 5.97 Å². The first-order valence-electron chi connectivity index (χ1n) is 4.55. The molecular weight excluding hydrogens is 212 g/mol. The van der Waals surface area contributed by atoms with Gasteiger partial charge in [0.25, 0.3) is 0 Å². The molecule has 1 atom stereocenters. The summed E-state index contributed by atoms with van der Waals surface area (Å²) in [6.07, 6.45) is -1.08. The van der Waals surface area contributed by atoms with Crippen molar-refractivity contribution < 1.29 is 24.5 Å². The Bertz CT molecular complexity index is 425. The first-order chi connectivity index (χ1) is 7.51. The van der Waals surface area contributed by atoms with Crippen LogP contribution in [-0.2, 0) is 4.79 Å². The normalized spacial score (nSPS) is 11.9. The van der Waals surface area contributed by atoms with Crippen LogP contribution in [0.15, 0.2) is 12.1 Å². The van der Waals surface area contributed by atoms with Crippen molar-refractivity contribution in [3.63, 3.8) is 0 Å². The molecule has 2 N–H and O–H groups in total. The molecule has 0 fully saturated rings. The Balaban J connectivity index is 3.31. The number of hydrogen-bond acceptors (Lipinski definition) is 4. The van der Waals surface area contributed by atoms with Crippen molar-refractivity contribution in [1.29, 1.82) is 0 Å². The molecule has 0 aliphatic carbocycles. The number of benzene rings is 1. The van der Waals surface area contributed by atoms with Gasteiger partial charge in [-0.25, -0.2) is 4.79 Å². The van der Waals surface area contributed by atoms with Gasteiger partial charge in [-0.1, -0.05) is 0 Å². The summed E-state index contributed by atoms with van der Waals surface area (Å²) in [5.41, 5.74) is 0.955. The van der Waals surface area contributed by atoms with E-state index in [0.717, 1.165) is 0 Å². The van der Waals surface area contributed by atoms with Crippen molar-refractivity contribution in [2.45, 2.75) is 13.0 Å². The number of methoxy groups -OCH3 is 1. The van der Waals surface area contributed by atoms with Crippen LogP contribution in [0.5, 0.6) is 5.75 Å². The lowest BCUT2D eigenvalue weighted by Gasteiger charge is -2.12. The van der Waals surface area contributed by atoms with E-state index >= 15 is 0 Å². The minimum atomic E-state index is -1.63. The Morgan fingerprint density at radius 3 is 2.56 bits per heavy atom. The van der Waals surface area contributed by atoms with Crippen molar-refractivity contribution in [3.8, 4) is 5.75 Å². The van der Waals surface area contributed by atoms with Crippen LogP contribution in [-0.4, -0.2) is 29.6 Å². The Morgan fingerprint density at radius 2 is 2.12 bits per heavy atom. The van der Waals surface area contributed by atoms with Gasteiger partial charge in [-0.3, -0.25) is 4.79 Å². The van der Waals surface area contributed by atoms with Crippen molar-refractivity contribution in [2.24, 2.45) is 0 Å². The number of hydrogen-bond donors (Lipinski definition) is 2. The standard InChI is InChI=1S/C11H12O5/c1-6-3-9(16-2)7(5-12)4-8(6)10(13)11(14)15/h3-5,10,13H,1-2H3,(H,14,15). The molecule has 0 radical (unpaired) electrons. The van der Waals surface area contributed by atoms with Crippen LogP contribution < -0.4 is 4.74 Å². The number of aldehydes is 1. The molecule has 1 unspecified atom stereocenters. The third-order valence-electron chi connectivity index (χ3n) is 2.27. The smallest absolute Gasteiger partial charge is 0.337 e. The molecule has 16 heavy (non-hydrogen) atoms. The number of carbonyl (C=O) groups is 2. The van der Waals surface area contributed by atoms with Crippen LogP contribution in [0.4, 0.5) is 0 Å². The zero-order chi connectivity index (χ0) is 12.3. The third kappa shape index (κ3) is 2.20. The van der Waals surface area contributed by atoms with Crippen LogP contribution >= 0.6 is 0 Å². The topological polar surface area (TPSA) is 83.8 Å². The first-order valence-corrected chi connectivity index (χ1v) is 4.55. The summed E-state index contributed by atoms with van der Waals surface area (Å²) in [6.45, 7) is 1.64. The summed E-state index contributed by atoms with van der Waals surface area (Å²) >= 11 is 0. The maximum absolute atomic E-state index is 10.7. The highest BCUT2D eigenvalue weighted by Crippen LogP contribution is 2.26. The van der Waals surface area contributed by atoms with E-state index in [1.54, 1.807) is 6.92 Å². The van der Waals surface area contributed by atoms with Crippen LogP contribution in [0.2, 0.25) is 0 Å². The molecule has 0 saturated carbocycles. The number of carboxylic acid groups (broad SMARTS) is 1. The van der Waals surface area contributed by atoms with Gasteiger partial charge < -0.3 is 14.9 Å². The fraction of sp³-hybridized carbons (Fsp3) is 0.273. The average Bonchev–Trinajstić information content (AvgIpc) is 2.27. The number of ether oxygens (including phenoxy) is 1. The fourth-order valence-electron chi connectivity index (χ4n) is 1.41. The van der Waals surface area contributed by atoms with Gasteiger partial charge in [0.15, 0.2) is 12.4 Å². The van der Waals surface area contributed by atoms with Gasteiger partial charge in [0.05, 0.1) is 12.7 Å². The summed E-state index contributed by atoms with van der Waals surface area (Å²) in [5, 5.41) is 18.1. The number of carboxylic acids is 1. The number of rotatable bonds is 4. The maximum atomic E-state index is 10.7. The Kier molecular flexibility index (Phi) is 3.63. The molecule has 0 aliphatic rings. The van der Waals surface area contributed by atoms with Crippen LogP contribution in [0.1, 0.15) is 27.6 Å². The Morgan fingerprint density at radius 1 is 1.50 bits per heavy atom. The zero-order valence-corrected chi connectivity index (χ0v) is 8.93. The molecule has 0 aliphatic heterocycles. The lowest BCUT2D eigenvalue weighted by molar-refractivity contribution is -0.147. The molecule has 1 aromatic rings. The van der Waals surface area contributed by atoms with Crippen molar-refractivity contribution in [2.75, 3.05) is 7.11 Å². The highest BCUT2D eigenvalue weighted by Gasteiger charge is 2.20. The summed E-state index contributed by atoms with van der Waals surface area (Å²) < 4.78 is 4.95. The van der Waals surface area contributed by atoms with E-state index in [-0.39, 0.29) is 11.1 Å². The van der Waals surface area contributed by atoms with Gasteiger partial charge in [0, 0.05) is 0 Å². The molecule has 0 saturated heterocycles. The van der Waals surface area contributed by atoms with E-state index in [4.69, 9.17) is 9.84 Å². The highest BCUT2D eigenvalue weighted by molar-refractivity contribution is 5.82. The Labute approximate surface area is 92.3 Å². The maximum Gasteiger partial charge on any atom is 0.337 e. The number of aliphatic hydroxyl groups is 1. The van der Waals surface area contributed by atoms with Crippen LogP contribution in [0.3, 0.4) is 0 Å². The molecule has 0 bridgehead atoms. The largest absolute Gasteiger partial charge is 0.496 e. The van der Waals surface area contributed by atoms with Gasteiger partial charge in [0.2, 0.25) is 0 Å². The van der Waals surface area contributed by atoms with Crippen LogP contribution in [0, 0.1) is 6.92 Å². The number of carbonyl (C=O) groups excluding carboxylic acids is 1. The monoisotopic (exact) mass is 224 g/mol. The van der Waals surface area contributed by atoms with Crippen molar-refractivity contribution in [3.05, 3.63) is 28.8 Å². The second-order valence-corrected chi connectivity index (χ2v) is 3.31. The molecule has 0 spiro atoms. The van der Waals surface area contributed by atoms with Crippen molar-refractivity contribution >= 4 is 12.3 Å². The summed E-state index contributed by atoms with van der Waals surface area (Å²) in [4.78, 5) is 21.4. The minimum absolute atomic E-state index is 0.190. The van der Waals surface area contributed by atoms with Gasteiger partial charge in [0.1, 0.15) is 5.75 Å². The molecule has 0 amide bonds. The molecule has 1 aromatic carbocycles. The summed E-state index contributed by atoms with van der Waals surface area (Å²) in [7, 11) is 1.41. The second-order valence-electron chi connectivity index (χ2n) is 3.31. The SMILES string of the molecule is COc1cc(C)c(C(O)C(=O)O)cc1C=O. The number of aliphatic hydroxyl groups excluding tert-OH is 1. The lowest BCUT2D eigenvalue weighted by Crippen LogP contribution is -2.12. The van der Waals surface area contributed by atoms with E-state index in [9.17, 15) is 14.7 Å². The second kappa shape index (κ2) is 4.76. The predicted molar refractivity (Wildman–Crippen MR) is 55.7 cm³/mol. The molecule has 0 aromatic heterocycles. The molecule has 0 heterocycles. The first kappa shape index (κ1) is 12.2. The zero-order valence-electron chi connectivity index (χ0n) is 8.93. The summed E-state index contributed by atoms with van der Waals surface area (Å²) in [5.74, 6) is -1.00. The molecule has 5 nitrogen and oxygen atoms in total. The van der Waals surface area contributed by atoms with E-state index < -0.39 is 12.1 Å². The quantitative estimate of drug-likeness (QED) is 0.743. The Hall–Kier alpha value is -1.88. The average molecular weight is 224 g/mol. The molecular formula is C11H12O5. The molecule has 1 rings (SSSR count). The van der Waals surface area contributed by atoms with Crippen LogP contribution in [0.25, 0.3) is 0 Å². The minimum Gasteiger partial charge on any atom is -0.496 e. The highest BCUT2D eigenvalue weighted by atomic mass is 16.5. The predicted octanol–water partition coefficient (Wildman–Crippen LogP) is 0.934. The lowest BCUT2D eigenvalue weighted by atomic mass is 10.00. The fourth-order valence-corrected chi connectivity index (χ4v) is 1.41.